The molecule has 468 valence electrons. The van der Waals surface area contributed by atoms with Crippen molar-refractivity contribution in [1.82, 2.24) is 57.2 Å². The van der Waals surface area contributed by atoms with Crippen molar-refractivity contribution in [2.24, 2.45) is 29.0 Å². The van der Waals surface area contributed by atoms with Crippen LogP contribution in [0, 0.1) is 22.7 Å². The monoisotopic (exact) mass is 1220 g/mol. The average Bonchev–Trinajstić information content (AvgIpc) is 4.47. The van der Waals surface area contributed by atoms with Gasteiger partial charge in [0, 0.05) is 50.7 Å². The summed E-state index contributed by atoms with van der Waals surface area (Å²) in [5.74, 6) is -8.54. The summed E-state index contributed by atoms with van der Waals surface area (Å²) in [5, 5.41) is 56.2. The van der Waals surface area contributed by atoms with Gasteiger partial charge in [0.05, 0.1) is 6.04 Å². The Labute approximate surface area is 501 Å². The van der Waals surface area contributed by atoms with Crippen molar-refractivity contribution in [3.05, 3.63) is 29.8 Å². The molecule has 30 heteroatoms. The normalized spacial score (nSPS) is 19.2. The molecule has 10 atom stereocenters. The Bertz CT molecular complexity index is 2490. The molecule has 0 aromatic heterocycles. The lowest BCUT2D eigenvalue weighted by molar-refractivity contribution is -0.147. The van der Waals surface area contributed by atoms with Crippen LogP contribution < -0.4 is 59.7 Å². The topological polar surface area (TPSA) is 443 Å². The zero-order chi connectivity index (χ0) is 62.4. The molecule has 3 aliphatic heterocycles. The minimum Gasteiger partial charge on any atom is -0.508 e. The molecule has 4 rings (SSSR count). The maximum Gasteiger partial charge on any atom is 0.327 e. The SMILES string of the molecule is CC(C)C[C@H](NC(=O)[C@H](CCCNC(=N)N)NC(=O)[C@H](CCCNC(=N)N)NC(=O)[C@@H]1CCCN1C(=O)[C@H](CC(C)C)NC(=O)[C@H](Cc1ccc(O)cc1)NC(=O)[C@@H]1CCCN1C(=O)[C@@H]1CCCN1C(=O)[C@@H](N)CS)C(=O)N[C@@H](CS)C(=O)O. The number of nitrogens with zero attached hydrogens (tertiary/aromatic N) is 3. The minimum absolute atomic E-state index is 0.0393. The lowest BCUT2D eigenvalue weighted by Crippen LogP contribution is -2.60. The molecule has 84 heavy (non-hydrogen) atoms. The van der Waals surface area contributed by atoms with Gasteiger partial charge in [-0.2, -0.15) is 25.3 Å². The van der Waals surface area contributed by atoms with E-state index in [0.717, 1.165) is 0 Å². The highest BCUT2D eigenvalue weighted by atomic mass is 32.1. The third-order valence-corrected chi connectivity index (χ3v) is 15.5. The van der Waals surface area contributed by atoms with E-state index in [9.17, 15) is 58.2 Å². The van der Waals surface area contributed by atoms with Gasteiger partial charge in [0.1, 0.15) is 60.1 Å². The van der Waals surface area contributed by atoms with E-state index in [1.165, 1.54) is 26.8 Å². The number of aromatic hydroxyl groups is 1. The second kappa shape index (κ2) is 34.0. The van der Waals surface area contributed by atoms with E-state index in [1.807, 2.05) is 13.8 Å². The number of benzene rings is 1. The number of hydrogen-bond donors (Lipinski definition) is 17. The van der Waals surface area contributed by atoms with Crippen LogP contribution >= 0.6 is 25.3 Å². The molecule has 3 fully saturated rings. The number of carbonyl (C=O) groups is 10. The maximum absolute atomic E-state index is 14.8. The molecule has 1 aromatic carbocycles. The molecule has 18 N–H and O–H groups in total. The predicted octanol–water partition coefficient (Wildman–Crippen LogP) is -2.29. The van der Waals surface area contributed by atoms with E-state index in [4.69, 9.17) is 28.0 Å². The molecule has 0 unspecified atom stereocenters. The second-order valence-electron chi connectivity index (χ2n) is 22.3. The van der Waals surface area contributed by atoms with Gasteiger partial charge >= 0.3 is 5.97 Å². The fourth-order valence-corrected chi connectivity index (χ4v) is 10.9. The lowest BCUT2D eigenvalue weighted by Gasteiger charge is -2.33. The third kappa shape index (κ3) is 21.2. The molecule has 3 aliphatic rings. The number of phenols is 1. The standard InChI is InChI=1S/C54H88N16O12S2/c1-29(2)24-36(45(74)67-39(28-84)52(81)82)64-44(73)34(10-5-19-60-53(56)57)62-43(72)35(11-6-20-61-54(58)59)63-47(76)40-12-7-21-68(40)50(79)38(25-30(3)4)66-46(75)37(26-31-15-17-32(71)18-16-31)65-48(77)41-13-8-22-69(41)51(80)42-14-9-23-70(42)49(78)33(55)27-83/h15-18,29-30,33-42,71,83-84H,5-14,19-28,55H2,1-4H3,(H,62,72)(H,63,76)(H,64,73)(H,65,77)(H,66,75)(H,67,74)(H,81,82)(H4,56,57,60)(H4,58,59,61)/t33-,34-,35-,36-,37-,38-,39-,40-,41-,42-/m0/s1. The van der Waals surface area contributed by atoms with Crippen molar-refractivity contribution in [2.45, 2.75) is 172 Å². The van der Waals surface area contributed by atoms with E-state index in [0.29, 0.717) is 37.8 Å². The number of nitrogens with one attached hydrogen (secondary N) is 10. The Balaban J connectivity index is 1.59. The van der Waals surface area contributed by atoms with E-state index < -0.39 is 120 Å². The number of carbonyl (C=O) groups excluding carboxylic acids is 9. The summed E-state index contributed by atoms with van der Waals surface area (Å²) < 4.78 is 0. The number of rotatable bonds is 32. The summed E-state index contributed by atoms with van der Waals surface area (Å²) in [6, 6.07) is -5.74. The first-order valence-electron chi connectivity index (χ1n) is 28.6. The first-order chi connectivity index (χ1) is 39.8. The van der Waals surface area contributed by atoms with Crippen LogP contribution in [-0.4, -0.2) is 201 Å². The third-order valence-electron chi connectivity index (χ3n) is 14.7. The number of thiol groups is 2. The van der Waals surface area contributed by atoms with Gasteiger partial charge in [0.15, 0.2) is 11.9 Å². The van der Waals surface area contributed by atoms with Gasteiger partial charge in [-0.15, -0.1) is 0 Å². The number of carboxylic acid groups (broad SMARTS) is 1. The molecular weight excluding hydrogens is 1130 g/mol. The molecule has 0 saturated carbocycles. The second-order valence-corrected chi connectivity index (χ2v) is 23.1. The quantitative estimate of drug-likeness (QED) is 0.0156. The zero-order valence-electron chi connectivity index (χ0n) is 48.3. The van der Waals surface area contributed by atoms with Gasteiger partial charge in [-0.3, -0.25) is 54.0 Å². The molecular formula is C54H88N16O12S2. The summed E-state index contributed by atoms with van der Waals surface area (Å²) in [7, 11) is 0. The highest BCUT2D eigenvalue weighted by molar-refractivity contribution is 7.80. The van der Waals surface area contributed by atoms with Crippen LogP contribution in [0.4, 0.5) is 0 Å². The van der Waals surface area contributed by atoms with Crippen LogP contribution in [0.25, 0.3) is 0 Å². The highest BCUT2D eigenvalue weighted by Gasteiger charge is 2.45. The van der Waals surface area contributed by atoms with Crippen LogP contribution in [0.3, 0.4) is 0 Å². The number of likely N-dealkylation sites (tertiary alicyclic amines) is 3. The summed E-state index contributed by atoms with van der Waals surface area (Å²) in [4.78, 5) is 143. The Morgan fingerprint density at radius 1 is 0.571 bits per heavy atom. The zero-order valence-corrected chi connectivity index (χ0v) is 50.1. The Hall–Kier alpha value is -7.08. The predicted molar refractivity (Wildman–Crippen MR) is 318 cm³/mol. The van der Waals surface area contributed by atoms with Gasteiger partial charge in [-0.25, -0.2) is 4.79 Å². The molecule has 0 bridgehead atoms. The summed E-state index contributed by atoms with van der Waals surface area (Å²) in [6.07, 6.45) is 2.53. The fraction of sp³-hybridized carbons (Fsp3) is 0.667. The molecule has 28 nitrogen and oxygen atoms in total. The Morgan fingerprint density at radius 3 is 1.49 bits per heavy atom. The van der Waals surface area contributed by atoms with E-state index >= 15 is 0 Å². The number of amides is 9. The fourth-order valence-electron chi connectivity index (χ4n) is 10.5. The van der Waals surface area contributed by atoms with Crippen LogP contribution in [0.15, 0.2) is 24.3 Å². The van der Waals surface area contributed by atoms with E-state index in [1.54, 1.807) is 26.0 Å². The van der Waals surface area contributed by atoms with Gasteiger partial charge in [0.2, 0.25) is 53.2 Å². The molecule has 0 radical (unpaired) electrons. The minimum atomic E-state index is -1.36. The van der Waals surface area contributed by atoms with Crippen molar-refractivity contribution in [3.63, 3.8) is 0 Å². The molecule has 1 aromatic rings. The number of nitrogens with two attached hydrogens (primary N) is 3. The van der Waals surface area contributed by atoms with Crippen molar-refractivity contribution < 1.29 is 58.2 Å². The van der Waals surface area contributed by atoms with Gasteiger partial charge < -0.3 is 84.6 Å². The number of guanidine groups is 2. The van der Waals surface area contributed by atoms with Crippen molar-refractivity contribution in [2.75, 3.05) is 44.2 Å². The molecule has 3 saturated heterocycles. The maximum atomic E-state index is 14.8. The smallest absolute Gasteiger partial charge is 0.327 e. The molecule has 0 spiro atoms. The first-order valence-corrected chi connectivity index (χ1v) is 29.9. The van der Waals surface area contributed by atoms with Crippen LogP contribution in [0.1, 0.15) is 110 Å². The number of carboxylic acids is 1. The van der Waals surface area contributed by atoms with Crippen molar-refractivity contribution in [3.8, 4) is 5.75 Å². The lowest BCUT2D eigenvalue weighted by atomic mass is 10.00. The molecule has 3 heterocycles. The number of phenolic OH excluding ortho intramolecular Hbond substituents is 1. The summed E-state index contributed by atoms with van der Waals surface area (Å²) in [5.41, 5.74) is 17.5. The summed E-state index contributed by atoms with van der Waals surface area (Å²) >= 11 is 8.17. The number of aliphatic carboxylic acids is 1. The van der Waals surface area contributed by atoms with E-state index in [-0.39, 0.29) is 125 Å². The van der Waals surface area contributed by atoms with Gasteiger partial charge in [-0.05, 0) is 107 Å². The largest absolute Gasteiger partial charge is 0.508 e. The van der Waals surface area contributed by atoms with Crippen molar-refractivity contribution >= 4 is 96.3 Å². The van der Waals surface area contributed by atoms with Gasteiger partial charge in [0.25, 0.3) is 0 Å². The van der Waals surface area contributed by atoms with Crippen LogP contribution in [0.2, 0.25) is 0 Å². The Morgan fingerprint density at radius 2 is 0.988 bits per heavy atom. The van der Waals surface area contributed by atoms with Crippen LogP contribution in [-0.2, 0) is 54.4 Å². The summed E-state index contributed by atoms with van der Waals surface area (Å²) in [6.45, 7) is 8.11. The number of hydrogen-bond acceptors (Lipinski definition) is 16. The van der Waals surface area contributed by atoms with Gasteiger partial charge in [-0.1, -0.05) is 39.8 Å². The molecule has 0 aliphatic carbocycles. The average molecular weight is 1220 g/mol. The Kier molecular flexibility index (Phi) is 28.1. The van der Waals surface area contributed by atoms with Crippen LogP contribution in [0.5, 0.6) is 5.75 Å². The van der Waals surface area contributed by atoms with Crippen molar-refractivity contribution in [1.29, 1.82) is 10.8 Å². The highest BCUT2D eigenvalue weighted by Crippen LogP contribution is 2.27. The molecule has 9 amide bonds. The first kappa shape index (κ1) is 69.4. The van der Waals surface area contributed by atoms with E-state index in [2.05, 4.69) is 67.8 Å².